The highest BCUT2D eigenvalue weighted by atomic mass is 16.5. The van der Waals surface area contributed by atoms with Crippen molar-refractivity contribution in [2.75, 3.05) is 19.0 Å². The number of nitrogens with one attached hydrogen (secondary N) is 1. The van der Waals surface area contributed by atoms with Crippen LogP contribution in [0.4, 0.5) is 10.5 Å². The van der Waals surface area contributed by atoms with Gasteiger partial charge >= 0.3 is 12.0 Å². The second kappa shape index (κ2) is 9.21. The Balaban J connectivity index is 2.13. The van der Waals surface area contributed by atoms with Crippen molar-refractivity contribution in [1.82, 2.24) is 9.88 Å². The standard InChI is InChI=1S/C20H27N3O4/c1-13(2)8-9-23(11-18-21-17(12-27-18)19(24)26-5)20(25)22-16-7-6-14(3)10-15(16)4/h6-7,10,12-13H,8-9,11H2,1-5H3,(H,22,25). The summed E-state index contributed by atoms with van der Waals surface area (Å²) in [6.07, 6.45) is 2.08. The van der Waals surface area contributed by atoms with E-state index in [9.17, 15) is 9.59 Å². The molecule has 1 N–H and O–H groups in total. The largest absolute Gasteiger partial charge is 0.464 e. The van der Waals surface area contributed by atoms with Gasteiger partial charge in [-0.3, -0.25) is 0 Å². The fourth-order valence-corrected chi connectivity index (χ4v) is 2.56. The molecule has 0 atom stereocenters. The molecule has 1 aromatic heterocycles. The van der Waals surface area contributed by atoms with E-state index < -0.39 is 5.97 Å². The third kappa shape index (κ3) is 5.84. The number of oxazole rings is 1. The number of aromatic nitrogens is 1. The van der Waals surface area contributed by atoms with Crippen LogP contribution in [0.5, 0.6) is 0 Å². The van der Waals surface area contributed by atoms with Gasteiger partial charge in [0.1, 0.15) is 6.26 Å². The van der Waals surface area contributed by atoms with E-state index in [2.05, 4.69) is 28.9 Å². The Hall–Kier alpha value is -2.83. The molecule has 0 aliphatic heterocycles. The number of carbonyl (C=O) groups excluding carboxylic acids is 2. The van der Waals surface area contributed by atoms with Crippen LogP contribution in [0.3, 0.4) is 0 Å². The predicted octanol–water partition coefficient (Wildman–Crippen LogP) is 4.16. The summed E-state index contributed by atoms with van der Waals surface area (Å²) in [6, 6.07) is 5.63. The minimum atomic E-state index is -0.571. The maximum absolute atomic E-state index is 12.8. The average Bonchev–Trinajstić information content (AvgIpc) is 3.08. The van der Waals surface area contributed by atoms with Gasteiger partial charge in [-0.25, -0.2) is 14.6 Å². The Bertz CT molecular complexity index is 798. The SMILES string of the molecule is COC(=O)c1coc(CN(CCC(C)C)C(=O)Nc2ccc(C)cc2C)n1. The number of hydrogen-bond donors (Lipinski definition) is 1. The van der Waals surface area contributed by atoms with Crippen LogP contribution in [0.15, 0.2) is 28.9 Å². The zero-order chi connectivity index (χ0) is 20.0. The number of rotatable bonds is 7. The molecule has 0 spiro atoms. The predicted molar refractivity (Wildman–Crippen MR) is 103 cm³/mol. The quantitative estimate of drug-likeness (QED) is 0.737. The fraction of sp³-hybridized carbons (Fsp3) is 0.450. The maximum atomic E-state index is 12.8. The summed E-state index contributed by atoms with van der Waals surface area (Å²) in [5, 5.41) is 2.95. The van der Waals surface area contributed by atoms with Crippen LogP contribution in [-0.2, 0) is 11.3 Å². The number of anilines is 1. The third-order valence-corrected chi connectivity index (χ3v) is 4.16. The zero-order valence-corrected chi connectivity index (χ0v) is 16.5. The molecule has 7 nitrogen and oxygen atoms in total. The summed E-state index contributed by atoms with van der Waals surface area (Å²) in [7, 11) is 1.28. The molecule has 7 heteroatoms. The number of esters is 1. The Morgan fingerprint density at radius 1 is 1.30 bits per heavy atom. The van der Waals surface area contributed by atoms with Crippen LogP contribution < -0.4 is 5.32 Å². The topological polar surface area (TPSA) is 84.7 Å². The molecule has 0 aliphatic carbocycles. The smallest absolute Gasteiger partial charge is 0.360 e. The Morgan fingerprint density at radius 3 is 2.67 bits per heavy atom. The molecule has 2 amide bonds. The molecular formula is C20H27N3O4. The Kier molecular flexibility index (Phi) is 6.98. The lowest BCUT2D eigenvalue weighted by Gasteiger charge is -2.23. The Morgan fingerprint density at radius 2 is 2.04 bits per heavy atom. The van der Waals surface area contributed by atoms with Gasteiger partial charge in [-0.15, -0.1) is 0 Å². The van der Waals surface area contributed by atoms with E-state index in [1.807, 2.05) is 32.0 Å². The van der Waals surface area contributed by atoms with Gasteiger partial charge in [-0.2, -0.15) is 0 Å². The molecule has 146 valence electrons. The summed E-state index contributed by atoms with van der Waals surface area (Å²) in [5.74, 6) is 0.157. The monoisotopic (exact) mass is 373 g/mol. The third-order valence-electron chi connectivity index (χ3n) is 4.16. The number of benzene rings is 1. The van der Waals surface area contributed by atoms with Gasteiger partial charge in [0.2, 0.25) is 5.89 Å². The van der Waals surface area contributed by atoms with Crippen LogP contribution in [0.25, 0.3) is 0 Å². The summed E-state index contributed by atoms with van der Waals surface area (Å²) >= 11 is 0. The number of ether oxygens (including phenoxy) is 1. The second-order valence-corrected chi connectivity index (χ2v) is 6.97. The van der Waals surface area contributed by atoms with E-state index in [-0.39, 0.29) is 24.2 Å². The highest BCUT2D eigenvalue weighted by molar-refractivity contribution is 5.90. The van der Waals surface area contributed by atoms with E-state index in [0.717, 1.165) is 23.2 Å². The molecule has 0 aliphatic rings. The van der Waals surface area contributed by atoms with Crippen molar-refractivity contribution in [2.45, 2.75) is 40.7 Å². The molecule has 2 aromatic rings. The van der Waals surface area contributed by atoms with Gasteiger partial charge in [0.15, 0.2) is 5.69 Å². The zero-order valence-electron chi connectivity index (χ0n) is 16.5. The van der Waals surface area contributed by atoms with E-state index in [1.54, 1.807) is 4.90 Å². The van der Waals surface area contributed by atoms with Crippen molar-refractivity contribution >= 4 is 17.7 Å². The highest BCUT2D eigenvalue weighted by Gasteiger charge is 2.20. The lowest BCUT2D eigenvalue weighted by atomic mass is 10.1. The van der Waals surface area contributed by atoms with Gasteiger partial charge in [0.25, 0.3) is 0 Å². The first-order valence-electron chi connectivity index (χ1n) is 8.96. The summed E-state index contributed by atoms with van der Waals surface area (Å²) in [4.78, 5) is 30.1. The minimum absolute atomic E-state index is 0.0890. The summed E-state index contributed by atoms with van der Waals surface area (Å²) in [6.45, 7) is 8.87. The molecule has 0 bridgehead atoms. The number of methoxy groups -OCH3 is 1. The number of nitrogens with zero attached hydrogens (tertiary/aromatic N) is 2. The molecular weight excluding hydrogens is 346 g/mol. The average molecular weight is 373 g/mol. The first-order valence-corrected chi connectivity index (χ1v) is 8.96. The van der Waals surface area contributed by atoms with Gasteiger partial charge in [-0.1, -0.05) is 31.5 Å². The van der Waals surface area contributed by atoms with Crippen LogP contribution in [0, 0.1) is 19.8 Å². The highest BCUT2D eigenvalue weighted by Crippen LogP contribution is 2.18. The van der Waals surface area contributed by atoms with Crippen molar-refractivity contribution < 1.29 is 18.7 Å². The van der Waals surface area contributed by atoms with E-state index in [0.29, 0.717) is 12.5 Å². The van der Waals surface area contributed by atoms with Crippen molar-refractivity contribution in [3.8, 4) is 0 Å². The summed E-state index contributed by atoms with van der Waals surface area (Å²) in [5.41, 5.74) is 2.99. The number of urea groups is 1. The van der Waals surface area contributed by atoms with Crippen LogP contribution in [-0.4, -0.2) is 35.5 Å². The van der Waals surface area contributed by atoms with Gasteiger partial charge < -0.3 is 19.4 Å². The molecule has 2 rings (SSSR count). The molecule has 1 aromatic carbocycles. The Labute approximate surface area is 159 Å². The van der Waals surface area contributed by atoms with Gasteiger partial charge in [-0.05, 0) is 37.8 Å². The van der Waals surface area contributed by atoms with E-state index in [1.165, 1.54) is 13.4 Å². The molecule has 0 radical (unpaired) electrons. The molecule has 27 heavy (non-hydrogen) atoms. The lowest BCUT2D eigenvalue weighted by molar-refractivity contribution is 0.0594. The van der Waals surface area contributed by atoms with Gasteiger partial charge in [0, 0.05) is 12.2 Å². The maximum Gasteiger partial charge on any atom is 0.360 e. The molecule has 1 heterocycles. The van der Waals surface area contributed by atoms with Crippen molar-refractivity contribution in [3.05, 3.63) is 47.2 Å². The van der Waals surface area contributed by atoms with E-state index >= 15 is 0 Å². The van der Waals surface area contributed by atoms with Crippen molar-refractivity contribution in [2.24, 2.45) is 5.92 Å². The summed E-state index contributed by atoms with van der Waals surface area (Å²) < 4.78 is 9.96. The fourth-order valence-electron chi connectivity index (χ4n) is 2.56. The van der Waals surface area contributed by atoms with Gasteiger partial charge in [0.05, 0.1) is 13.7 Å². The molecule has 0 saturated heterocycles. The lowest BCUT2D eigenvalue weighted by Crippen LogP contribution is -2.36. The minimum Gasteiger partial charge on any atom is -0.464 e. The number of hydrogen-bond acceptors (Lipinski definition) is 5. The van der Waals surface area contributed by atoms with Crippen molar-refractivity contribution in [3.63, 3.8) is 0 Å². The molecule has 0 saturated carbocycles. The second-order valence-electron chi connectivity index (χ2n) is 6.97. The number of aryl methyl sites for hydroxylation is 2. The van der Waals surface area contributed by atoms with Crippen molar-refractivity contribution in [1.29, 1.82) is 0 Å². The normalized spacial score (nSPS) is 10.7. The molecule has 0 fully saturated rings. The first-order chi connectivity index (χ1) is 12.8. The van der Waals surface area contributed by atoms with Crippen LogP contribution >= 0.6 is 0 Å². The number of carbonyl (C=O) groups is 2. The van der Waals surface area contributed by atoms with Crippen LogP contribution in [0.1, 0.15) is 47.8 Å². The number of amides is 2. The first kappa shape index (κ1) is 20.5. The van der Waals surface area contributed by atoms with Crippen LogP contribution in [0.2, 0.25) is 0 Å². The molecule has 0 unspecified atom stereocenters. The van der Waals surface area contributed by atoms with E-state index in [4.69, 9.17) is 4.42 Å².